The second kappa shape index (κ2) is 7.29. The van der Waals surface area contributed by atoms with Crippen LogP contribution in [0.25, 0.3) is 0 Å². The topological polar surface area (TPSA) is 24.5 Å². The maximum atomic E-state index is 12.0. The molecule has 1 fully saturated rings. The van der Waals surface area contributed by atoms with Crippen LogP contribution in [0.4, 0.5) is 13.2 Å². The molecule has 6 heteroatoms. The molecule has 0 bridgehead atoms. The van der Waals surface area contributed by atoms with E-state index in [0.717, 1.165) is 32.5 Å². The van der Waals surface area contributed by atoms with Gasteiger partial charge in [0.1, 0.15) is 6.61 Å². The van der Waals surface area contributed by atoms with E-state index in [2.05, 4.69) is 37.9 Å². The fourth-order valence-electron chi connectivity index (χ4n) is 2.80. The first-order valence-corrected chi connectivity index (χ1v) is 7.79. The number of piperazine rings is 1. The number of hydrogen-bond donors (Lipinski definition) is 1. The molecule has 1 saturated heterocycles. The van der Waals surface area contributed by atoms with Crippen LogP contribution < -0.4 is 5.32 Å². The number of hydrogen-bond acceptors (Lipinski definition) is 3. The summed E-state index contributed by atoms with van der Waals surface area (Å²) in [5, 5.41) is 3.65. The van der Waals surface area contributed by atoms with Crippen molar-refractivity contribution in [2.24, 2.45) is 0 Å². The van der Waals surface area contributed by atoms with Crippen LogP contribution in [-0.2, 0) is 4.74 Å². The minimum Gasteiger partial charge on any atom is -0.372 e. The highest BCUT2D eigenvalue weighted by Crippen LogP contribution is 2.28. The molecule has 1 rings (SSSR count). The molecule has 0 aliphatic carbocycles. The number of nitrogens with one attached hydrogen (secondary N) is 1. The molecule has 1 N–H and O–H groups in total. The third-order valence-electron chi connectivity index (χ3n) is 4.58. The van der Waals surface area contributed by atoms with Crippen LogP contribution >= 0.6 is 0 Å². The molecule has 1 aliphatic rings. The second-order valence-corrected chi connectivity index (χ2v) is 6.60. The van der Waals surface area contributed by atoms with E-state index < -0.39 is 12.8 Å². The zero-order valence-corrected chi connectivity index (χ0v) is 13.6. The number of rotatable bonds is 7. The first-order chi connectivity index (χ1) is 9.64. The Hall–Kier alpha value is -0.330. The fraction of sp³-hybridized carbons (Fsp3) is 1.00. The van der Waals surface area contributed by atoms with Gasteiger partial charge in [0.05, 0.1) is 0 Å². The summed E-state index contributed by atoms with van der Waals surface area (Å²) < 4.78 is 40.7. The maximum absolute atomic E-state index is 12.0. The van der Waals surface area contributed by atoms with E-state index >= 15 is 0 Å². The predicted molar refractivity (Wildman–Crippen MR) is 78.5 cm³/mol. The average molecular weight is 310 g/mol. The summed E-state index contributed by atoms with van der Waals surface area (Å²) in [4.78, 5) is 2.38. The van der Waals surface area contributed by atoms with Gasteiger partial charge >= 0.3 is 6.18 Å². The molecule has 0 saturated carbocycles. The highest BCUT2D eigenvalue weighted by molar-refractivity contribution is 5.00. The fourth-order valence-corrected chi connectivity index (χ4v) is 2.80. The van der Waals surface area contributed by atoms with Gasteiger partial charge in [0.2, 0.25) is 0 Å². The molecule has 0 spiro atoms. The van der Waals surface area contributed by atoms with Crippen molar-refractivity contribution in [1.82, 2.24) is 10.2 Å². The quantitative estimate of drug-likeness (QED) is 0.731. The third-order valence-corrected chi connectivity index (χ3v) is 4.58. The van der Waals surface area contributed by atoms with Crippen molar-refractivity contribution in [3.63, 3.8) is 0 Å². The van der Waals surface area contributed by atoms with Gasteiger partial charge < -0.3 is 10.1 Å². The van der Waals surface area contributed by atoms with E-state index in [9.17, 15) is 13.2 Å². The van der Waals surface area contributed by atoms with Gasteiger partial charge in [0, 0.05) is 37.3 Å². The monoisotopic (exact) mass is 310 g/mol. The van der Waals surface area contributed by atoms with Crippen molar-refractivity contribution in [2.75, 3.05) is 32.8 Å². The van der Waals surface area contributed by atoms with Crippen LogP contribution in [0.3, 0.4) is 0 Å². The van der Waals surface area contributed by atoms with Gasteiger partial charge in [-0.2, -0.15) is 13.2 Å². The van der Waals surface area contributed by atoms with Crippen molar-refractivity contribution in [1.29, 1.82) is 0 Å². The predicted octanol–water partition coefficient (Wildman–Crippen LogP) is 3.20. The van der Waals surface area contributed by atoms with Gasteiger partial charge in [-0.3, -0.25) is 4.90 Å². The Morgan fingerprint density at radius 1 is 1.19 bits per heavy atom. The Kier molecular flexibility index (Phi) is 6.50. The molecule has 0 aromatic carbocycles. The summed E-state index contributed by atoms with van der Waals surface area (Å²) in [6.07, 6.45) is -1.49. The van der Waals surface area contributed by atoms with Crippen molar-refractivity contribution in [3.05, 3.63) is 0 Å². The van der Waals surface area contributed by atoms with Crippen molar-refractivity contribution in [2.45, 2.75) is 64.2 Å². The smallest absolute Gasteiger partial charge is 0.372 e. The summed E-state index contributed by atoms with van der Waals surface area (Å²) in [6.45, 7) is 10.3. The van der Waals surface area contributed by atoms with E-state index in [0.29, 0.717) is 6.42 Å². The minimum absolute atomic E-state index is 0.0257. The Morgan fingerprint density at radius 3 is 2.33 bits per heavy atom. The van der Waals surface area contributed by atoms with Gasteiger partial charge in [0.25, 0.3) is 0 Å². The highest BCUT2D eigenvalue weighted by Gasteiger charge is 2.40. The van der Waals surface area contributed by atoms with E-state index in [-0.39, 0.29) is 17.7 Å². The molecule has 1 heterocycles. The first-order valence-electron chi connectivity index (χ1n) is 7.79. The summed E-state index contributed by atoms with van der Waals surface area (Å²) in [6, 6.07) is 0. The SMILES string of the molecule is CCC1(CC)CN(CCCOCC(F)(F)F)C(C)(C)CN1. The molecule has 126 valence electrons. The van der Waals surface area contributed by atoms with Crippen molar-refractivity contribution in [3.8, 4) is 0 Å². The molecule has 21 heavy (non-hydrogen) atoms. The van der Waals surface area contributed by atoms with Gasteiger partial charge in [-0.1, -0.05) is 13.8 Å². The summed E-state index contributed by atoms with van der Waals surface area (Å²) in [7, 11) is 0. The van der Waals surface area contributed by atoms with E-state index in [4.69, 9.17) is 4.74 Å². The molecular formula is C15H29F3N2O. The Morgan fingerprint density at radius 2 is 1.81 bits per heavy atom. The van der Waals surface area contributed by atoms with Crippen LogP contribution in [0.2, 0.25) is 0 Å². The molecule has 0 amide bonds. The van der Waals surface area contributed by atoms with Crippen molar-refractivity contribution >= 4 is 0 Å². The average Bonchev–Trinajstić information content (AvgIpc) is 2.39. The van der Waals surface area contributed by atoms with Gasteiger partial charge in [0.15, 0.2) is 0 Å². The lowest BCUT2D eigenvalue weighted by Gasteiger charge is -2.52. The Balaban J connectivity index is 2.43. The Labute approximate surface area is 126 Å². The lowest BCUT2D eigenvalue weighted by Crippen LogP contribution is -2.67. The number of alkyl halides is 3. The largest absolute Gasteiger partial charge is 0.411 e. The molecule has 0 aromatic rings. The highest BCUT2D eigenvalue weighted by atomic mass is 19.4. The zero-order valence-electron chi connectivity index (χ0n) is 13.6. The normalized spacial score (nSPS) is 22.4. The van der Waals surface area contributed by atoms with E-state index in [1.54, 1.807) is 0 Å². The molecule has 0 radical (unpaired) electrons. The molecule has 0 unspecified atom stereocenters. The maximum Gasteiger partial charge on any atom is 0.411 e. The van der Waals surface area contributed by atoms with Gasteiger partial charge in [-0.05, 0) is 33.1 Å². The number of halogens is 3. The zero-order chi connectivity index (χ0) is 16.1. The molecule has 1 aliphatic heterocycles. The lowest BCUT2D eigenvalue weighted by atomic mass is 9.85. The molecule has 0 aromatic heterocycles. The molecule has 0 atom stereocenters. The van der Waals surface area contributed by atoms with Crippen LogP contribution in [0.5, 0.6) is 0 Å². The van der Waals surface area contributed by atoms with Crippen LogP contribution in [-0.4, -0.2) is 55.0 Å². The summed E-state index contributed by atoms with van der Waals surface area (Å²) in [5.41, 5.74) is 0.153. The lowest BCUT2D eigenvalue weighted by molar-refractivity contribution is -0.174. The van der Waals surface area contributed by atoms with Crippen LogP contribution in [0.1, 0.15) is 47.0 Å². The molecule has 3 nitrogen and oxygen atoms in total. The van der Waals surface area contributed by atoms with E-state index in [1.165, 1.54) is 0 Å². The summed E-state index contributed by atoms with van der Waals surface area (Å²) >= 11 is 0. The summed E-state index contributed by atoms with van der Waals surface area (Å²) in [5.74, 6) is 0. The van der Waals surface area contributed by atoms with Crippen LogP contribution in [0, 0.1) is 0 Å². The third kappa shape index (κ3) is 5.75. The van der Waals surface area contributed by atoms with E-state index in [1.807, 2.05) is 0 Å². The van der Waals surface area contributed by atoms with Gasteiger partial charge in [-0.25, -0.2) is 0 Å². The Bertz CT molecular complexity index is 315. The number of ether oxygens (including phenoxy) is 1. The minimum atomic E-state index is -4.23. The van der Waals surface area contributed by atoms with Crippen LogP contribution in [0.15, 0.2) is 0 Å². The van der Waals surface area contributed by atoms with Gasteiger partial charge in [-0.15, -0.1) is 0 Å². The van der Waals surface area contributed by atoms with Crippen molar-refractivity contribution < 1.29 is 17.9 Å². The first kappa shape index (κ1) is 18.7. The number of nitrogens with zero attached hydrogens (tertiary/aromatic N) is 1. The second-order valence-electron chi connectivity index (χ2n) is 6.60. The standard InChI is InChI=1S/C15H29F3N2O/c1-5-14(6-2)11-20(13(3,4)10-19-14)8-7-9-21-12-15(16,17)18/h19H,5-12H2,1-4H3. The molecular weight excluding hydrogens is 281 g/mol.